The lowest BCUT2D eigenvalue weighted by Crippen LogP contribution is -2.32. The lowest BCUT2D eigenvalue weighted by molar-refractivity contribution is 0.0846. The molecule has 4 aromatic carbocycles. The van der Waals surface area contributed by atoms with Crippen LogP contribution in [-0.4, -0.2) is 19.9 Å². The summed E-state index contributed by atoms with van der Waals surface area (Å²) in [5.74, 6) is 0.239. The number of hydrogen-bond donors (Lipinski definition) is 1. The highest BCUT2D eigenvalue weighted by Crippen LogP contribution is 2.39. The number of anilines is 1. The molecular weight excluding hydrogens is 614 g/mol. The SMILES string of the molecule is Cc1ccc(S(=O)(=O)Oc2ccc3c(-c4ccc(Cl)cc4)c(NC(=O)c4ccc5c(c4)CCC(C)(C)O5)c(=O)oc3c2C)cc1. The summed E-state index contributed by atoms with van der Waals surface area (Å²) < 4.78 is 43.4. The second-order valence-electron chi connectivity index (χ2n) is 11.7. The van der Waals surface area contributed by atoms with Gasteiger partial charge in [0.1, 0.15) is 33.3 Å². The average Bonchev–Trinajstić information content (AvgIpc) is 2.99. The van der Waals surface area contributed by atoms with Gasteiger partial charge in [0, 0.05) is 27.1 Å². The van der Waals surface area contributed by atoms with E-state index >= 15 is 0 Å². The zero-order chi connectivity index (χ0) is 32.1. The number of amides is 1. The number of fused-ring (bicyclic) bond motifs is 2. The minimum absolute atomic E-state index is 0.00419. The van der Waals surface area contributed by atoms with Crippen molar-refractivity contribution in [3.8, 4) is 22.6 Å². The number of hydrogen-bond acceptors (Lipinski definition) is 7. The van der Waals surface area contributed by atoms with Gasteiger partial charge in [-0.1, -0.05) is 41.4 Å². The number of aryl methyl sites for hydroxylation is 3. The second kappa shape index (κ2) is 11.4. The van der Waals surface area contributed by atoms with Crippen LogP contribution in [0, 0.1) is 13.8 Å². The Morgan fingerprint density at radius 3 is 2.38 bits per heavy atom. The summed E-state index contributed by atoms with van der Waals surface area (Å²) in [4.78, 5) is 27.1. The smallest absolute Gasteiger partial charge is 0.360 e. The Hall–Kier alpha value is -4.60. The van der Waals surface area contributed by atoms with Gasteiger partial charge in [-0.25, -0.2) is 4.79 Å². The Bertz CT molecular complexity index is 2140. The molecule has 5 aromatic rings. The van der Waals surface area contributed by atoms with Crippen LogP contribution in [0.4, 0.5) is 5.69 Å². The molecule has 230 valence electrons. The van der Waals surface area contributed by atoms with Crippen LogP contribution in [0.15, 0.2) is 93.0 Å². The summed E-state index contributed by atoms with van der Waals surface area (Å²) >= 11 is 6.16. The van der Waals surface area contributed by atoms with E-state index < -0.39 is 21.7 Å². The van der Waals surface area contributed by atoms with Gasteiger partial charge in [-0.05, 0) is 106 Å². The molecule has 45 heavy (non-hydrogen) atoms. The summed E-state index contributed by atoms with van der Waals surface area (Å²) in [7, 11) is -4.17. The third-order valence-corrected chi connectivity index (χ3v) is 9.36. The molecule has 0 fully saturated rings. The molecule has 0 atom stereocenters. The van der Waals surface area contributed by atoms with Crippen LogP contribution in [0.1, 0.15) is 47.3 Å². The van der Waals surface area contributed by atoms with Crippen molar-refractivity contribution in [1.82, 2.24) is 0 Å². The zero-order valence-corrected chi connectivity index (χ0v) is 26.6. The summed E-state index contributed by atoms with van der Waals surface area (Å²) in [6.07, 6.45) is 1.55. The minimum atomic E-state index is -4.17. The predicted molar refractivity (Wildman–Crippen MR) is 174 cm³/mol. The van der Waals surface area contributed by atoms with Gasteiger partial charge in [0.15, 0.2) is 0 Å². The average molecular weight is 644 g/mol. The molecule has 1 N–H and O–H groups in total. The van der Waals surface area contributed by atoms with Crippen LogP contribution < -0.4 is 19.9 Å². The quantitative estimate of drug-likeness (QED) is 0.148. The summed E-state index contributed by atoms with van der Waals surface area (Å²) in [6.45, 7) is 7.50. The van der Waals surface area contributed by atoms with E-state index in [1.807, 2.05) is 20.8 Å². The molecule has 0 bridgehead atoms. The first-order valence-corrected chi connectivity index (χ1v) is 16.1. The fourth-order valence-corrected chi connectivity index (χ4v) is 6.47. The molecular formula is C35H30ClNO7S. The number of ether oxygens (including phenoxy) is 1. The topological polar surface area (TPSA) is 112 Å². The molecule has 1 aliphatic rings. The summed E-state index contributed by atoms with van der Waals surface area (Å²) in [6, 6.07) is 21.4. The molecule has 2 heterocycles. The molecule has 10 heteroatoms. The number of halogens is 1. The van der Waals surface area contributed by atoms with Crippen LogP contribution in [0.25, 0.3) is 22.1 Å². The van der Waals surface area contributed by atoms with Gasteiger partial charge in [-0.15, -0.1) is 0 Å². The third kappa shape index (κ3) is 6.06. The fraction of sp³-hybridized carbons (Fsp3) is 0.200. The molecule has 0 unspecified atom stereocenters. The third-order valence-electron chi connectivity index (χ3n) is 7.86. The van der Waals surface area contributed by atoms with Crippen LogP contribution in [0.3, 0.4) is 0 Å². The van der Waals surface area contributed by atoms with E-state index in [9.17, 15) is 18.0 Å². The maximum atomic E-state index is 13.6. The first-order valence-electron chi connectivity index (χ1n) is 14.3. The van der Waals surface area contributed by atoms with E-state index in [0.29, 0.717) is 32.7 Å². The number of benzene rings is 4. The van der Waals surface area contributed by atoms with E-state index in [1.165, 1.54) is 18.2 Å². The van der Waals surface area contributed by atoms with Crippen molar-refractivity contribution < 1.29 is 26.5 Å². The largest absolute Gasteiger partial charge is 0.488 e. The van der Waals surface area contributed by atoms with Gasteiger partial charge in [0.05, 0.1) is 0 Å². The van der Waals surface area contributed by atoms with Crippen LogP contribution >= 0.6 is 11.6 Å². The van der Waals surface area contributed by atoms with E-state index in [4.69, 9.17) is 24.9 Å². The van der Waals surface area contributed by atoms with Gasteiger partial charge >= 0.3 is 15.7 Å². The molecule has 0 spiro atoms. The fourth-order valence-electron chi connectivity index (χ4n) is 5.36. The molecule has 0 saturated heterocycles. The maximum absolute atomic E-state index is 13.6. The highest BCUT2D eigenvalue weighted by atomic mass is 35.5. The summed E-state index contributed by atoms with van der Waals surface area (Å²) in [5, 5.41) is 3.73. The molecule has 6 rings (SSSR count). The van der Waals surface area contributed by atoms with Crippen molar-refractivity contribution in [2.75, 3.05) is 5.32 Å². The van der Waals surface area contributed by atoms with Gasteiger partial charge < -0.3 is 18.7 Å². The van der Waals surface area contributed by atoms with E-state index in [0.717, 1.165) is 29.7 Å². The lowest BCUT2D eigenvalue weighted by Gasteiger charge is -2.32. The standard InChI is InChI=1S/C35H30ClNO7S/c1-20-5-12-26(13-6-20)45(40,41)44-28-16-14-27-30(22-7-10-25(36)11-8-22)31(34(39)42-32(27)21(28)2)37-33(38)24-9-15-29-23(19-24)17-18-35(3,4)43-29/h5-16,19H,17-18H2,1-4H3,(H,37,38). The number of carbonyl (C=O) groups is 1. The molecule has 1 aromatic heterocycles. The van der Waals surface area contributed by atoms with Gasteiger partial charge in [-0.2, -0.15) is 8.42 Å². The lowest BCUT2D eigenvalue weighted by atomic mass is 9.93. The highest BCUT2D eigenvalue weighted by Gasteiger charge is 2.28. The number of rotatable bonds is 6. The van der Waals surface area contributed by atoms with Crippen molar-refractivity contribution in [3.05, 3.63) is 117 Å². The summed E-state index contributed by atoms with van der Waals surface area (Å²) in [5.41, 5.74) is 2.41. The molecule has 1 aliphatic heterocycles. The Morgan fingerprint density at radius 2 is 1.67 bits per heavy atom. The maximum Gasteiger partial charge on any atom is 0.360 e. The second-order valence-corrected chi connectivity index (χ2v) is 13.7. The number of nitrogens with one attached hydrogen (secondary N) is 1. The van der Waals surface area contributed by atoms with Crippen molar-refractivity contribution >= 4 is 44.3 Å². The van der Waals surface area contributed by atoms with Crippen LogP contribution in [0.5, 0.6) is 11.5 Å². The van der Waals surface area contributed by atoms with E-state index in [1.54, 1.807) is 67.6 Å². The van der Waals surface area contributed by atoms with E-state index in [2.05, 4.69) is 5.32 Å². The molecule has 0 saturated carbocycles. The molecule has 0 radical (unpaired) electrons. The minimum Gasteiger partial charge on any atom is -0.488 e. The Balaban J connectivity index is 1.43. The van der Waals surface area contributed by atoms with Gasteiger partial charge in [0.25, 0.3) is 5.91 Å². The van der Waals surface area contributed by atoms with Crippen molar-refractivity contribution in [2.24, 2.45) is 0 Å². The first-order chi connectivity index (χ1) is 21.3. The highest BCUT2D eigenvalue weighted by molar-refractivity contribution is 7.87. The Morgan fingerprint density at radius 1 is 0.956 bits per heavy atom. The van der Waals surface area contributed by atoms with Crippen LogP contribution in [0.2, 0.25) is 5.02 Å². The molecule has 1 amide bonds. The normalized spacial score (nSPS) is 14.0. The van der Waals surface area contributed by atoms with Gasteiger partial charge in [0.2, 0.25) is 0 Å². The Kier molecular flexibility index (Phi) is 7.71. The Labute approximate surface area is 265 Å². The zero-order valence-electron chi connectivity index (χ0n) is 25.1. The van der Waals surface area contributed by atoms with E-state index in [-0.39, 0.29) is 27.5 Å². The number of carbonyl (C=O) groups excluding carboxylic acids is 1. The predicted octanol–water partition coefficient (Wildman–Crippen LogP) is 7.85. The van der Waals surface area contributed by atoms with Crippen molar-refractivity contribution in [1.29, 1.82) is 0 Å². The van der Waals surface area contributed by atoms with Crippen molar-refractivity contribution in [3.63, 3.8) is 0 Å². The molecule has 0 aliphatic carbocycles. The van der Waals surface area contributed by atoms with Gasteiger partial charge in [-0.3, -0.25) is 4.79 Å². The molecule has 8 nitrogen and oxygen atoms in total. The first kappa shape index (κ1) is 30.4. The van der Waals surface area contributed by atoms with Crippen molar-refractivity contribution in [2.45, 2.75) is 51.0 Å². The van der Waals surface area contributed by atoms with Crippen LogP contribution in [-0.2, 0) is 16.5 Å². The monoisotopic (exact) mass is 643 g/mol.